The van der Waals surface area contributed by atoms with E-state index in [9.17, 15) is 4.79 Å². The minimum atomic E-state index is -0.316. The van der Waals surface area contributed by atoms with E-state index in [1.54, 1.807) is 30.3 Å². The summed E-state index contributed by atoms with van der Waals surface area (Å²) in [7, 11) is 4.53. The molecule has 1 N–H and O–H groups in total. The number of halogens is 1. The molecule has 1 amide bonds. The molecule has 0 saturated carbocycles. The van der Waals surface area contributed by atoms with Crippen LogP contribution in [0.4, 0.5) is 5.69 Å². The maximum atomic E-state index is 12.1. The highest BCUT2D eigenvalue weighted by molar-refractivity contribution is 6.30. The number of carbonyl (C=O) groups excluding carboxylic acids is 1. The van der Waals surface area contributed by atoms with E-state index in [0.717, 1.165) is 5.56 Å². The molecule has 0 bridgehead atoms. The van der Waals surface area contributed by atoms with E-state index >= 15 is 0 Å². The molecule has 0 atom stereocenters. The zero-order valence-electron chi connectivity index (χ0n) is 14.5. The molecule has 0 aromatic heterocycles. The molecule has 2 rings (SSSR count). The lowest BCUT2D eigenvalue weighted by molar-refractivity contribution is -0.118. The molecule has 0 aliphatic carbocycles. The molecule has 7 heteroatoms. The van der Waals surface area contributed by atoms with Gasteiger partial charge in [-0.3, -0.25) is 4.79 Å². The van der Waals surface area contributed by atoms with Gasteiger partial charge in [-0.05, 0) is 30.7 Å². The second-order valence-electron chi connectivity index (χ2n) is 5.16. The van der Waals surface area contributed by atoms with Crippen molar-refractivity contribution in [3.05, 3.63) is 40.9 Å². The lowest BCUT2D eigenvalue weighted by Crippen LogP contribution is -2.20. The maximum absolute atomic E-state index is 12.1. The van der Waals surface area contributed by atoms with Gasteiger partial charge in [0.25, 0.3) is 5.91 Å². The first-order valence-corrected chi connectivity index (χ1v) is 7.85. The Morgan fingerprint density at radius 2 is 1.64 bits per heavy atom. The molecule has 0 heterocycles. The lowest BCUT2D eigenvalue weighted by Gasteiger charge is -2.15. The normalized spacial score (nSPS) is 10.1. The topological polar surface area (TPSA) is 66.0 Å². The van der Waals surface area contributed by atoms with Crippen LogP contribution >= 0.6 is 11.6 Å². The monoisotopic (exact) mass is 365 g/mol. The summed E-state index contributed by atoms with van der Waals surface area (Å²) < 4.78 is 21.3. The van der Waals surface area contributed by atoms with Crippen LogP contribution in [0.5, 0.6) is 23.0 Å². The van der Waals surface area contributed by atoms with Crippen LogP contribution in [0.1, 0.15) is 5.56 Å². The summed E-state index contributed by atoms with van der Waals surface area (Å²) in [5.74, 6) is 1.64. The Bertz CT molecular complexity index is 738. The molecular weight excluding hydrogens is 346 g/mol. The molecule has 2 aromatic rings. The van der Waals surface area contributed by atoms with Crippen molar-refractivity contribution in [2.75, 3.05) is 33.3 Å². The maximum Gasteiger partial charge on any atom is 0.262 e. The summed E-state index contributed by atoms with van der Waals surface area (Å²) in [6.07, 6.45) is 0. The Morgan fingerprint density at radius 3 is 2.16 bits per heavy atom. The van der Waals surface area contributed by atoms with Crippen molar-refractivity contribution in [2.24, 2.45) is 0 Å². The van der Waals surface area contributed by atoms with Crippen molar-refractivity contribution >= 4 is 23.2 Å². The van der Waals surface area contributed by atoms with Gasteiger partial charge in [0.15, 0.2) is 18.1 Å². The summed E-state index contributed by atoms with van der Waals surface area (Å²) in [5.41, 5.74) is 1.36. The second kappa shape index (κ2) is 8.48. The van der Waals surface area contributed by atoms with Crippen molar-refractivity contribution in [3.8, 4) is 23.0 Å². The van der Waals surface area contributed by atoms with Gasteiger partial charge in [0, 0.05) is 22.8 Å². The van der Waals surface area contributed by atoms with E-state index in [1.807, 2.05) is 6.92 Å². The predicted molar refractivity (Wildman–Crippen MR) is 96.4 cm³/mol. The van der Waals surface area contributed by atoms with Crippen LogP contribution in [-0.2, 0) is 4.79 Å². The molecular formula is C18H20ClNO5. The second-order valence-corrected chi connectivity index (χ2v) is 5.60. The molecule has 0 spiro atoms. The van der Waals surface area contributed by atoms with E-state index in [0.29, 0.717) is 33.7 Å². The van der Waals surface area contributed by atoms with Crippen LogP contribution < -0.4 is 24.3 Å². The Hall–Kier alpha value is -2.60. The molecule has 0 fully saturated rings. The molecule has 25 heavy (non-hydrogen) atoms. The SMILES string of the molecule is COc1cc(NC(=O)COc2ccc(Cl)cc2C)cc(OC)c1OC. The van der Waals surface area contributed by atoms with E-state index in [1.165, 1.54) is 21.3 Å². The average Bonchev–Trinajstić information content (AvgIpc) is 2.60. The van der Waals surface area contributed by atoms with Crippen LogP contribution in [0.2, 0.25) is 5.02 Å². The highest BCUT2D eigenvalue weighted by Crippen LogP contribution is 2.39. The Balaban J connectivity index is 2.07. The highest BCUT2D eigenvalue weighted by atomic mass is 35.5. The number of amides is 1. The molecule has 6 nitrogen and oxygen atoms in total. The number of carbonyl (C=O) groups is 1. The van der Waals surface area contributed by atoms with Gasteiger partial charge in [-0.1, -0.05) is 11.6 Å². The Kier molecular flexibility index (Phi) is 6.36. The van der Waals surface area contributed by atoms with Gasteiger partial charge < -0.3 is 24.3 Å². The fraction of sp³-hybridized carbons (Fsp3) is 0.278. The van der Waals surface area contributed by atoms with Crippen molar-refractivity contribution in [3.63, 3.8) is 0 Å². The standard InChI is InChI=1S/C18H20ClNO5/c1-11-7-12(19)5-6-14(11)25-10-17(21)20-13-8-15(22-2)18(24-4)16(9-13)23-3/h5-9H,10H2,1-4H3,(H,20,21). The van der Waals surface area contributed by atoms with Gasteiger partial charge >= 0.3 is 0 Å². The number of ether oxygens (including phenoxy) is 4. The van der Waals surface area contributed by atoms with Crippen LogP contribution in [-0.4, -0.2) is 33.8 Å². The van der Waals surface area contributed by atoms with Gasteiger partial charge in [0.2, 0.25) is 5.75 Å². The third kappa shape index (κ3) is 4.70. The van der Waals surface area contributed by atoms with E-state index in [4.69, 9.17) is 30.5 Å². The average molecular weight is 366 g/mol. The quantitative estimate of drug-likeness (QED) is 0.810. The largest absolute Gasteiger partial charge is 0.493 e. The molecule has 134 valence electrons. The Morgan fingerprint density at radius 1 is 1.00 bits per heavy atom. The smallest absolute Gasteiger partial charge is 0.262 e. The highest BCUT2D eigenvalue weighted by Gasteiger charge is 2.15. The number of hydrogen-bond donors (Lipinski definition) is 1. The fourth-order valence-corrected chi connectivity index (χ4v) is 2.50. The third-order valence-electron chi connectivity index (χ3n) is 3.44. The Labute approximate surface area is 151 Å². The third-order valence-corrected chi connectivity index (χ3v) is 3.68. The number of hydrogen-bond acceptors (Lipinski definition) is 5. The summed E-state index contributed by atoms with van der Waals surface area (Å²) in [6.45, 7) is 1.72. The van der Waals surface area contributed by atoms with Crippen molar-refractivity contribution < 1.29 is 23.7 Å². The summed E-state index contributed by atoms with van der Waals surface area (Å²) in [6, 6.07) is 8.50. The zero-order valence-corrected chi connectivity index (χ0v) is 15.3. The van der Waals surface area contributed by atoms with Gasteiger partial charge in [-0.25, -0.2) is 0 Å². The zero-order chi connectivity index (χ0) is 18.4. The number of nitrogens with one attached hydrogen (secondary N) is 1. The minimum Gasteiger partial charge on any atom is -0.493 e. The van der Waals surface area contributed by atoms with Crippen LogP contribution in [0.3, 0.4) is 0 Å². The summed E-state index contributed by atoms with van der Waals surface area (Å²) in [5, 5.41) is 3.36. The number of benzene rings is 2. The molecule has 0 aliphatic heterocycles. The molecule has 0 saturated heterocycles. The first-order valence-electron chi connectivity index (χ1n) is 7.47. The van der Waals surface area contributed by atoms with E-state index in [2.05, 4.69) is 5.32 Å². The van der Waals surface area contributed by atoms with Gasteiger partial charge in [0.1, 0.15) is 5.75 Å². The molecule has 0 radical (unpaired) electrons. The van der Waals surface area contributed by atoms with Crippen LogP contribution in [0.15, 0.2) is 30.3 Å². The first-order chi connectivity index (χ1) is 12.0. The number of methoxy groups -OCH3 is 3. The molecule has 0 aliphatic rings. The van der Waals surface area contributed by atoms with Crippen molar-refractivity contribution in [1.29, 1.82) is 0 Å². The summed E-state index contributed by atoms with van der Waals surface area (Å²) in [4.78, 5) is 12.1. The summed E-state index contributed by atoms with van der Waals surface area (Å²) >= 11 is 5.90. The van der Waals surface area contributed by atoms with E-state index in [-0.39, 0.29) is 12.5 Å². The number of aryl methyl sites for hydroxylation is 1. The van der Waals surface area contributed by atoms with Crippen molar-refractivity contribution in [1.82, 2.24) is 0 Å². The molecule has 0 unspecified atom stereocenters. The lowest BCUT2D eigenvalue weighted by atomic mass is 10.2. The predicted octanol–water partition coefficient (Wildman–Crippen LogP) is 3.69. The van der Waals surface area contributed by atoms with Gasteiger partial charge in [0.05, 0.1) is 21.3 Å². The van der Waals surface area contributed by atoms with Crippen LogP contribution in [0.25, 0.3) is 0 Å². The fourth-order valence-electron chi connectivity index (χ4n) is 2.27. The van der Waals surface area contributed by atoms with Crippen molar-refractivity contribution in [2.45, 2.75) is 6.92 Å². The van der Waals surface area contributed by atoms with Gasteiger partial charge in [-0.2, -0.15) is 0 Å². The van der Waals surface area contributed by atoms with Crippen LogP contribution in [0, 0.1) is 6.92 Å². The van der Waals surface area contributed by atoms with Gasteiger partial charge in [-0.15, -0.1) is 0 Å². The first kappa shape index (κ1) is 18.7. The van der Waals surface area contributed by atoms with E-state index < -0.39 is 0 Å². The minimum absolute atomic E-state index is 0.140. The number of anilines is 1. The number of rotatable bonds is 7. The molecule has 2 aromatic carbocycles.